The zero-order valence-corrected chi connectivity index (χ0v) is 19.9. The lowest BCUT2D eigenvalue weighted by Gasteiger charge is -2.26. The number of hydrogen-bond acceptors (Lipinski definition) is 4. The molecule has 1 amide bonds. The second-order valence-corrected chi connectivity index (χ2v) is 9.24. The number of carbonyl (C=O) groups is 1. The SMILES string of the molecule is CSc1cccc(NC(=O)c2c(N3CCCC(F)(F)CC3)ncc(-c3ccccc3F)c2C)c1. The third-order valence-electron chi connectivity index (χ3n) is 6.05. The number of aromatic nitrogens is 1. The van der Waals surface area contributed by atoms with Crippen LogP contribution in [0, 0.1) is 12.7 Å². The summed E-state index contributed by atoms with van der Waals surface area (Å²) in [5, 5.41) is 2.92. The third kappa shape index (κ3) is 5.22. The second kappa shape index (κ2) is 10.1. The predicted octanol–water partition coefficient (Wildman–Crippen LogP) is 6.80. The first kappa shape index (κ1) is 24.1. The molecule has 1 aromatic heterocycles. The van der Waals surface area contributed by atoms with Crippen LogP contribution in [0.1, 0.15) is 35.2 Å². The first-order chi connectivity index (χ1) is 16.3. The number of rotatable bonds is 5. The lowest BCUT2D eigenvalue weighted by atomic mass is 9.97. The Morgan fingerprint density at radius 2 is 1.88 bits per heavy atom. The summed E-state index contributed by atoms with van der Waals surface area (Å²) in [6.07, 6.45) is 3.26. The molecule has 178 valence electrons. The molecule has 1 N–H and O–H groups in total. The van der Waals surface area contributed by atoms with Gasteiger partial charge in [-0.25, -0.2) is 18.2 Å². The van der Waals surface area contributed by atoms with Crippen LogP contribution >= 0.6 is 11.8 Å². The Kier molecular flexibility index (Phi) is 7.16. The fourth-order valence-corrected chi connectivity index (χ4v) is 4.68. The van der Waals surface area contributed by atoms with Gasteiger partial charge in [-0.05, 0) is 49.4 Å². The Morgan fingerprint density at radius 1 is 1.09 bits per heavy atom. The van der Waals surface area contributed by atoms with Gasteiger partial charge < -0.3 is 10.2 Å². The molecule has 0 saturated carbocycles. The first-order valence-electron chi connectivity index (χ1n) is 11.1. The number of anilines is 2. The molecule has 1 fully saturated rings. The van der Waals surface area contributed by atoms with Crippen molar-refractivity contribution in [3.8, 4) is 11.1 Å². The Bertz CT molecular complexity index is 1200. The highest BCUT2D eigenvalue weighted by Gasteiger charge is 2.33. The van der Waals surface area contributed by atoms with Crippen LogP contribution in [0.3, 0.4) is 0 Å². The van der Waals surface area contributed by atoms with Gasteiger partial charge in [0.25, 0.3) is 5.91 Å². The molecule has 3 aromatic rings. The molecule has 0 aliphatic carbocycles. The van der Waals surface area contributed by atoms with Gasteiger partial charge in [0.1, 0.15) is 11.6 Å². The lowest BCUT2D eigenvalue weighted by Crippen LogP contribution is -2.30. The molecule has 1 saturated heterocycles. The molecule has 8 heteroatoms. The molecule has 1 aliphatic heterocycles. The minimum atomic E-state index is -2.74. The average molecular weight is 486 g/mol. The van der Waals surface area contributed by atoms with Gasteiger partial charge in [-0.15, -0.1) is 11.8 Å². The number of halogens is 3. The fourth-order valence-electron chi connectivity index (χ4n) is 4.22. The monoisotopic (exact) mass is 485 g/mol. The van der Waals surface area contributed by atoms with Gasteiger partial charge in [0.05, 0.1) is 5.56 Å². The van der Waals surface area contributed by atoms with Crippen molar-refractivity contribution < 1.29 is 18.0 Å². The average Bonchev–Trinajstić information content (AvgIpc) is 2.99. The van der Waals surface area contributed by atoms with Crippen LogP contribution in [-0.4, -0.2) is 36.2 Å². The van der Waals surface area contributed by atoms with Gasteiger partial charge in [-0.1, -0.05) is 24.3 Å². The van der Waals surface area contributed by atoms with Crippen molar-refractivity contribution in [1.82, 2.24) is 4.98 Å². The number of nitrogens with one attached hydrogen (secondary N) is 1. The number of thioether (sulfide) groups is 1. The summed E-state index contributed by atoms with van der Waals surface area (Å²) in [6.45, 7) is 2.19. The van der Waals surface area contributed by atoms with Crippen LogP contribution in [-0.2, 0) is 0 Å². The highest BCUT2D eigenvalue weighted by molar-refractivity contribution is 7.98. The number of nitrogens with zero attached hydrogens (tertiary/aromatic N) is 2. The molecule has 1 aliphatic rings. The molecule has 34 heavy (non-hydrogen) atoms. The van der Waals surface area contributed by atoms with Gasteiger partial charge >= 0.3 is 0 Å². The van der Waals surface area contributed by atoms with E-state index in [-0.39, 0.29) is 24.9 Å². The van der Waals surface area contributed by atoms with E-state index >= 15 is 0 Å². The standard InChI is InChI=1S/C26H26F3N3OS/c1-17-21(20-9-3-4-10-22(20)27)16-30-24(32-13-6-11-26(28,29)12-14-32)23(17)25(33)31-18-7-5-8-19(15-18)34-2/h3-5,7-10,15-16H,6,11-14H2,1-2H3,(H,31,33). The first-order valence-corrected chi connectivity index (χ1v) is 12.3. The number of amides is 1. The van der Waals surface area contributed by atoms with E-state index in [1.165, 1.54) is 12.3 Å². The number of hydrogen-bond donors (Lipinski definition) is 1. The summed E-state index contributed by atoms with van der Waals surface area (Å²) >= 11 is 1.55. The molecular weight excluding hydrogens is 459 g/mol. The summed E-state index contributed by atoms with van der Waals surface area (Å²) in [4.78, 5) is 20.8. The van der Waals surface area contributed by atoms with E-state index in [9.17, 15) is 18.0 Å². The molecule has 4 nitrogen and oxygen atoms in total. The number of pyridine rings is 1. The molecule has 2 aromatic carbocycles. The van der Waals surface area contributed by atoms with Gasteiger partial charge in [0.15, 0.2) is 0 Å². The Balaban J connectivity index is 1.79. The van der Waals surface area contributed by atoms with Crippen molar-refractivity contribution in [3.63, 3.8) is 0 Å². The normalized spacial score (nSPS) is 15.6. The van der Waals surface area contributed by atoms with Crippen LogP contribution in [0.2, 0.25) is 0 Å². The van der Waals surface area contributed by atoms with Crippen molar-refractivity contribution in [2.75, 3.05) is 29.6 Å². The number of carbonyl (C=O) groups excluding carboxylic acids is 1. The third-order valence-corrected chi connectivity index (χ3v) is 6.78. The van der Waals surface area contributed by atoms with Gasteiger partial charge in [-0.3, -0.25) is 4.79 Å². The summed E-state index contributed by atoms with van der Waals surface area (Å²) < 4.78 is 42.6. The van der Waals surface area contributed by atoms with Crippen LogP contribution < -0.4 is 10.2 Å². The Hall–Kier alpha value is -3.00. The van der Waals surface area contributed by atoms with E-state index < -0.39 is 17.6 Å². The van der Waals surface area contributed by atoms with Crippen molar-refractivity contribution >= 4 is 29.2 Å². The minimum Gasteiger partial charge on any atom is -0.356 e. The molecule has 2 heterocycles. The molecule has 4 rings (SSSR count). The molecular formula is C26H26F3N3OS. The van der Waals surface area contributed by atoms with Crippen LogP contribution in [0.15, 0.2) is 59.6 Å². The van der Waals surface area contributed by atoms with E-state index in [0.717, 1.165) is 4.90 Å². The molecule has 0 bridgehead atoms. The number of alkyl halides is 2. The van der Waals surface area contributed by atoms with Crippen molar-refractivity contribution in [2.45, 2.75) is 37.0 Å². The lowest BCUT2D eigenvalue weighted by molar-refractivity contribution is -0.0102. The highest BCUT2D eigenvalue weighted by atomic mass is 32.2. The van der Waals surface area contributed by atoms with E-state index in [0.29, 0.717) is 41.2 Å². The van der Waals surface area contributed by atoms with Gasteiger partial charge in [0, 0.05) is 53.8 Å². The summed E-state index contributed by atoms with van der Waals surface area (Å²) in [7, 11) is 0. The van der Waals surface area contributed by atoms with Crippen molar-refractivity contribution in [2.24, 2.45) is 0 Å². The van der Waals surface area contributed by atoms with Gasteiger partial charge in [0.2, 0.25) is 5.92 Å². The molecule has 0 unspecified atom stereocenters. The maximum absolute atomic E-state index is 14.6. The summed E-state index contributed by atoms with van der Waals surface area (Å²) in [5.41, 5.74) is 2.25. The summed E-state index contributed by atoms with van der Waals surface area (Å²) in [6, 6.07) is 13.7. The van der Waals surface area contributed by atoms with Crippen molar-refractivity contribution in [1.29, 1.82) is 0 Å². The zero-order valence-electron chi connectivity index (χ0n) is 19.1. The molecule has 0 radical (unpaired) electrons. The van der Waals surface area contributed by atoms with E-state index in [1.807, 2.05) is 24.5 Å². The smallest absolute Gasteiger partial charge is 0.259 e. The topological polar surface area (TPSA) is 45.2 Å². The zero-order chi connectivity index (χ0) is 24.3. The van der Waals surface area contributed by atoms with Gasteiger partial charge in [-0.2, -0.15) is 0 Å². The Labute approximate surface area is 201 Å². The van der Waals surface area contributed by atoms with Crippen LogP contribution in [0.25, 0.3) is 11.1 Å². The van der Waals surface area contributed by atoms with Crippen LogP contribution in [0.4, 0.5) is 24.7 Å². The predicted molar refractivity (Wildman–Crippen MR) is 132 cm³/mol. The minimum absolute atomic E-state index is 0.0841. The van der Waals surface area contributed by atoms with E-state index in [1.54, 1.807) is 47.9 Å². The highest BCUT2D eigenvalue weighted by Crippen LogP contribution is 2.35. The van der Waals surface area contributed by atoms with E-state index in [2.05, 4.69) is 10.3 Å². The molecule has 0 spiro atoms. The summed E-state index contributed by atoms with van der Waals surface area (Å²) in [5.74, 6) is -3.23. The van der Waals surface area contributed by atoms with Crippen molar-refractivity contribution in [3.05, 3.63) is 71.7 Å². The maximum atomic E-state index is 14.6. The molecule has 0 atom stereocenters. The largest absolute Gasteiger partial charge is 0.356 e. The maximum Gasteiger partial charge on any atom is 0.259 e. The second-order valence-electron chi connectivity index (χ2n) is 8.36. The fraction of sp³-hybridized carbons (Fsp3) is 0.308. The van der Waals surface area contributed by atoms with Crippen LogP contribution in [0.5, 0.6) is 0 Å². The van der Waals surface area contributed by atoms with E-state index in [4.69, 9.17) is 0 Å². The Morgan fingerprint density at radius 3 is 2.65 bits per heavy atom. The number of benzene rings is 2. The quantitative estimate of drug-likeness (QED) is 0.404.